The summed E-state index contributed by atoms with van der Waals surface area (Å²) in [5, 5.41) is 0. The van der Waals surface area contributed by atoms with E-state index < -0.39 is 0 Å². The van der Waals surface area contributed by atoms with E-state index in [4.69, 9.17) is 15.2 Å². The Morgan fingerprint density at radius 2 is 2.06 bits per heavy atom. The van der Waals surface area contributed by atoms with E-state index in [1.807, 2.05) is 12.1 Å². The molecule has 1 aromatic carbocycles. The lowest BCUT2D eigenvalue weighted by atomic mass is 10.1. The summed E-state index contributed by atoms with van der Waals surface area (Å²) in [6.45, 7) is 1.18. The Bertz CT molecular complexity index is 359. The standard InChI is InChI=1S/C14H21NO2/c1-16-14-8-11(6-7-12(14)9-15)10-17-13-4-2-3-5-13/h6-8,13H,2-5,9-10,15H2,1H3. The third-order valence-electron chi connectivity index (χ3n) is 3.36. The molecule has 0 heterocycles. The summed E-state index contributed by atoms with van der Waals surface area (Å²) in [4.78, 5) is 0. The number of hydrogen-bond donors (Lipinski definition) is 1. The predicted molar refractivity (Wildman–Crippen MR) is 67.9 cm³/mol. The molecule has 1 saturated carbocycles. The Labute approximate surface area is 103 Å². The summed E-state index contributed by atoms with van der Waals surface area (Å²) in [6.07, 6.45) is 5.48. The molecular formula is C14H21NO2. The molecular weight excluding hydrogens is 214 g/mol. The first kappa shape index (κ1) is 12.4. The first-order valence-electron chi connectivity index (χ1n) is 6.31. The maximum atomic E-state index is 5.88. The summed E-state index contributed by atoms with van der Waals surface area (Å²) < 4.78 is 11.2. The van der Waals surface area contributed by atoms with E-state index >= 15 is 0 Å². The van der Waals surface area contributed by atoms with Crippen LogP contribution in [-0.4, -0.2) is 13.2 Å². The molecule has 0 unspecified atom stereocenters. The lowest BCUT2D eigenvalue weighted by Crippen LogP contribution is -2.07. The topological polar surface area (TPSA) is 44.5 Å². The van der Waals surface area contributed by atoms with Crippen LogP contribution in [-0.2, 0) is 17.9 Å². The fourth-order valence-corrected chi connectivity index (χ4v) is 2.32. The molecule has 0 amide bonds. The minimum atomic E-state index is 0.454. The Kier molecular flexibility index (Phi) is 4.40. The maximum absolute atomic E-state index is 5.88. The molecule has 3 nitrogen and oxygen atoms in total. The van der Waals surface area contributed by atoms with Gasteiger partial charge < -0.3 is 15.2 Å². The van der Waals surface area contributed by atoms with Gasteiger partial charge in [-0.25, -0.2) is 0 Å². The molecule has 1 fully saturated rings. The molecule has 2 N–H and O–H groups in total. The van der Waals surface area contributed by atoms with E-state index in [0.29, 0.717) is 19.3 Å². The van der Waals surface area contributed by atoms with Gasteiger partial charge >= 0.3 is 0 Å². The van der Waals surface area contributed by atoms with Crippen LogP contribution < -0.4 is 10.5 Å². The van der Waals surface area contributed by atoms with Crippen molar-refractivity contribution in [1.82, 2.24) is 0 Å². The SMILES string of the molecule is COc1cc(COC2CCCC2)ccc1CN. The summed E-state index contributed by atoms with van der Waals surface area (Å²) in [5.74, 6) is 0.861. The first-order valence-corrected chi connectivity index (χ1v) is 6.31. The van der Waals surface area contributed by atoms with Crippen molar-refractivity contribution in [2.24, 2.45) is 5.73 Å². The van der Waals surface area contributed by atoms with E-state index in [1.165, 1.54) is 25.7 Å². The van der Waals surface area contributed by atoms with Gasteiger partial charge in [-0.2, -0.15) is 0 Å². The number of hydrogen-bond acceptors (Lipinski definition) is 3. The molecule has 17 heavy (non-hydrogen) atoms. The maximum Gasteiger partial charge on any atom is 0.123 e. The Hall–Kier alpha value is -1.06. The van der Waals surface area contributed by atoms with Crippen LogP contribution in [0.1, 0.15) is 36.8 Å². The van der Waals surface area contributed by atoms with Gasteiger partial charge in [0.05, 0.1) is 19.8 Å². The van der Waals surface area contributed by atoms with E-state index in [2.05, 4.69) is 6.07 Å². The first-order chi connectivity index (χ1) is 8.33. The second-order valence-corrected chi connectivity index (χ2v) is 4.57. The molecule has 94 valence electrons. The van der Waals surface area contributed by atoms with Crippen molar-refractivity contribution in [1.29, 1.82) is 0 Å². The van der Waals surface area contributed by atoms with Crippen LogP contribution >= 0.6 is 0 Å². The van der Waals surface area contributed by atoms with Gasteiger partial charge in [-0.3, -0.25) is 0 Å². The van der Waals surface area contributed by atoms with Crippen LogP contribution in [0.4, 0.5) is 0 Å². The molecule has 0 aliphatic heterocycles. The van der Waals surface area contributed by atoms with E-state index in [0.717, 1.165) is 16.9 Å². The zero-order valence-corrected chi connectivity index (χ0v) is 10.4. The van der Waals surface area contributed by atoms with Gasteiger partial charge in [0, 0.05) is 12.1 Å². The third-order valence-corrected chi connectivity index (χ3v) is 3.36. The van der Waals surface area contributed by atoms with Crippen LogP contribution in [0, 0.1) is 0 Å². The summed E-state index contributed by atoms with van der Waals surface area (Å²) in [6, 6.07) is 6.11. The Morgan fingerprint density at radius 1 is 1.29 bits per heavy atom. The van der Waals surface area contributed by atoms with Crippen LogP contribution in [0.3, 0.4) is 0 Å². The molecule has 1 aliphatic rings. The molecule has 0 saturated heterocycles. The summed E-state index contributed by atoms with van der Waals surface area (Å²) in [7, 11) is 1.68. The largest absolute Gasteiger partial charge is 0.496 e. The quantitative estimate of drug-likeness (QED) is 0.853. The monoisotopic (exact) mass is 235 g/mol. The fourth-order valence-electron chi connectivity index (χ4n) is 2.32. The highest BCUT2D eigenvalue weighted by Crippen LogP contribution is 2.24. The van der Waals surface area contributed by atoms with Crippen molar-refractivity contribution >= 4 is 0 Å². The summed E-state index contributed by atoms with van der Waals surface area (Å²) >= 11 is 0. The fraction of sp³-hybridized carbons (Fsp3) is 0.571. The lowest BCUT2D eigenvalue weighted by molar-refractivity contribution is 0.0456. The number of nitrogens with two attached hydrogens (primary N) is 1. The van der Waals surface area contributed by atoms with Crippen LogP contribution in [0.25, 0.3) is 0 Å². The number of ether oxygens (including phenoxy) is 2. The molecule has 3 heteroatoms. The van der Waals surface area contributed by atoms with Gasteiger partial charge in [0.15, 0.2) is 0 Å². The van der Waals surface area contributed by atoms with Gasteiger partial charge in [-0.15, -0.1) is 0 Å². The highest BCUT2D eigenvalue weighted by atomic mass is 16.5. The number of benzene rings is 1. The molecule has 0 atom stereocenters. The smallest absolute Gasteiger partial charge is 0.123 e. The van der Waals surface area contributed by atoms with Crippen molar-refractivity contribution in [3.63, 3.8) is 0 Å². The molecule has 2 rings (SSSR count). The van der Waals surface area contributed by atoms with Gasteiger partial charge in [0.1, 0.15) is 5.75 Å². The Balaban J connectivity index is 1.95. The lowest BCUT2D eigenvalue weighted by Gasteiger charge is -2.13. The van der Waals surface area contributed by atoms with E-state index in [-0.39, 0.29) is 0 Å². The van der Waals surface area contributed by atoms with Crippen molar-refractivity contribution in [2.75, 3.05) is 7.11 Å². The second-order valence-electron chi connectivity index (χ2n) is 4.57. The van der Waals surface area contributed by atoms with E-state index in [9.17, 15) is 0 Å². The van der Waals surface area contributed by atoms with Crippen LogP contribution in [0.15, 0.2) is 18.2 Å². The van der Waals surface area contributed by atoms with Gasteiger partial charge in [-0.05, 0) is 24.5 Å². The molecule has 0 aromatic heterocycles. The van der Waals surface area contributed by atoms with E-state index in [1.54, 1.807) is 7.11 Å². The normalized spacial score (nSPS) is 16.4. The molecule has 0 radical (unpaired) electrons. The molecule has 0 bridgehead atoms. The molecule has 1 aromatic rings. The zero-order valence-electron chi connectivity index (χ0n) is 10.4. The van der Waals surface area contributed by atoms with Gasteiger partial charge in [0.25, 0.3) is 0 Å². The van der Waals surface area contributed by atoms with Crippen molar-refractivity contribution in [3.8, 4) is 5.75 Å². The average Bonchev–Trinajstić information content (AvgIpc) is 2.89. The van der Waals surface area contributed by atoms with Gasteiger partial charge in [0.2, 0.25) is 0 Å². The zero-order chi connectivity index (χ0) is 12.1. The minimum Gasteiger partial charge on any atom is -0.496 e. The van der Waals surface area contributed by atoms with Crippen LogP contribution in [0.2, 0.25) is 0 Å². The second kappa shape index (κ2) is 6.03. The van der Waals surface area contributed by atoms with Crippen molar-refractivity contribution < 1.29 is 9.47 Å². The third kappa shape index (κ3) is 3.20. The predicted octanol–water partition coefficient (Wildman–Crippen LogP) is 2.61. The van der Waals surface area contributed by atoms with Gasteiger partial charge in [-0.1, -0.05) is 25.0 Å². The van der Waals surface area contributed by atoms with Crippen LogP contribution in [0.5, 0.6) is 5.75 Å². The van der Waals surface area contributed by atoms with Crippen molar-refractivity contribution in [3.05, 3.63) is 29.3 Å². The number of methoxy groups -OCH3 is 1. The number of rotatable bonds is 5. The highest BCUT2D eigenvalue weighted by Gasteiger charge is 2.15. The molecule has 0 spiro atoms. The van der Waals surface area contributed by atoms with Crippen molar-refractivity contribution in [2.45, 2.75) is 44.9 Å². The Morgan fingerprint density at radius 3 is 2.71 bits per heavy atom. The highest BCUT2D eigenvalue weighted by molar-refractivity contribution is 5.37. The molecule has 1 aliphatic carbocycles. The minimum absolute atomic E-state index is 0.454. The summed E-state index contributed by atoms with van der Waals surface area (Å²) in [5.41, 5.74) is 7.84. The average molecular weight is 235 g/mol.